The summed E-state index contributed by atoms with van der Waals surface area (Å²) in [7, 11) is 0. The summed E-state index contributed by atoms with van der Waals surface area (Å²) < 4.78 is 1.08. The van der Waals surface area contributed by atoms with Gasteiger partial charge in [-0.1, -0.05) is 45.2 Å². The molecule has 1 unspecified atom stereocenters. The molecule has 0 saturated heterocycles. The van der Waals surface area contributed by atoms with Gasteiger partial charge < -0.3 is 5.32 Å². The van der Waals surface area contributed by atoms with Gasteiger partial charge in [0, 0.05) is 6.54 Å². The van der Waals surface area contributed by atoms with Crippen LogP contribution in [0.5, 0.6) is 0 Å². The van der Waals surface area contributed by atoms with Crippen LogP contribution in [0, 0.1) is 5.92 Å². The van der Waals surface area contributed by atoms with E-state index in [1.165, 1.54) is 0 Å². The number of hydrogen-bond donors (Lipinski definition) is 2. The van der Waals surface area contributed by atoms with E-state index in [9.17, 15) is 14.4 Å². The highest BCUT2D eigenvalue weighted by molar-refractivity contribution is 5.81. The van der Waals surface area contributed by atoms with Crippen molar-refractivity contribution in [3.05, 3.63) is 45.0 Å². The number of aromatic nitrogens is 2. The third kappa shape index (κ3) is 4.34. The molecular weight excluding hydrogens is 306 g/mol. The maximum Gasteiger partial charge on any atom is 0.273 e. The molecule has 1 aromatic carbocycles. The summed E-state index contributed by atoms with van der Waals surface area (Å²) in [6.45, 7) is 4.68. The molecule has 0 radical (unpaired) electrons. The average Bonchev–Trinajstić information content (AvgIpc) is 2.59. The molecule has 2 rings (SSSR count). The third-order valence-electron chi connectivity index (χ3n) is 4.32. The van der Waals surface area contributed by atoms with Crippen LogP contribution in [0.25, 0.3) is 10.8 Å². The molecule has 130 valence electrons. The van der Waals surface area contributed by atoms with E-state index in [2.05, 4.69) is 24.3 Å². The van der Waals surface area contributed by atoms with E-state index in [4.69, 9.17) is 0 Å². The number of hydrogen-bond acceptors (Lipinski definition) is 3. The van der Waals surface area contributed by atoms with E-state index < -0.39 is 0 Å². The summed E-state index contributed by atoms with van der Waals surface area (Å²) in [6, 6.07) is 6.60. The van der Waals surface area contributed by atoms with Gasteiger partial charge in [-0.25, -0.2) is 4.68 Å². The van der Waals surface area contributed by atoms with Gasteiger partial charge in [0.25, 0.3) is 11.1 Å². The SMILES string of the molecule is CCCCC(CC)CNC(=O)Cn1[nH]c(=O)c2ccccc2c1=O. The highest BCUT2D eigenvalue weighted by Crippen LogP contribution is 2.11. The van der Waals surface area contributed by atoms with Crippen LogP contribution >= 0.6 is 0 Å². The van der Waals surface area contributed by atoms with Gasteiger partial charge in [-0.15, -0.1) is 0 Å². The lowest BCUT2D eigenvalue weighted by Crippen LogP contribution is -2.38. The first-order valence-corrected chi connectivity index (χ1v) is 8.55. The molecule has 6 heteroatoms. The number of amides is 1. The number of carbonyl (C=O) groups is 1. The molecule has 1 aromatic heterocycles. The van der Waals surface area contributed by atoms with Gasteiger partial charge in [0.2, 0.25) is 5.91 Å². The highest BCUT2D eigenvalue weighted by Gasteiger charge is 2.12. The molecule has 24 heavy (non-hydrogen) atoms. The van der Waals surface area contributed by atoms with Crippen molar-refractivity contribution in [1.82, 2.24) is 15.1 Å². The Hall–Kier alpha value is -2.37. The molecule has 0 bridgehead atoms. The minimum atomic E-state index is -0.368. The first-order chi connectivity index (χ1) is 11.6. The number of nitrogens with zero attached hydrogens (tertiary/aromatic N) is 1. The number of H-pyrrole nitrogens is 1. The number of benzene rings is 1. The van der Waals surface area contributed by atoms with Gasteiger partial charge in [-0.05, 0) is 24.5 Å². The van der Waals surface area contributed by atoms with Crippen LogP contribution in [0.2, 0.25) is 0 Å². The van der Waals surface area contributed by atoms with Gasteiger partial charge in [0.1, 0.15) is 6.54 Å². The Labute approximate surface area is 140 Å². The predicted octanol–water partition coefficient (Wildman–Crippen LogP) is 2.02. The van der Waals surface area contributed by atoms with Crippen LogP contribution < -0.4 is 16.4 Å². The molecular formula is C18H25N3O3. The van der Waals surface area contributed by atoms with E-state index in [1.54, 1.807) is 24.3 Å². The summed E-state index contributed by atoms with van der Waals surface area (Å²) in [6.07, 6.45) is 4.37. The standard InChI is InChI=1S/C18H25N3O3/c1-3-5-8-13(4-2)11-19-16(22)12-21-18(24)15-10-7-6-9-14(15)17(23)20-21/h6-7,9-10,13H,3-5,8,11-12H2,1-2H3,(H,19,22)(H,20,23). The van der Waals surface area contributed by atoms with Crippen molar-refractivity contribution in [3.63, 3.8) is 0 Å². The number of aromatic amines is 1. The monoisotopic (exact) mass is 331 g/mol. The van der Waals surface area contributed by atoms with Crippen molar-refractivity contribution < 1.29 is 4.79 Å². The van der Waals surface area contributed by atoms with E-state index in [-0.39, 0.29) is 23.6 Å². The second-order valence-corrected chi connectivity index (χ2v) is 6.10. The molecule has 1 atom stereocenters. The minimum Gasteiger partial charge on any atom is -0.354 e. The highest BCUT2D eigenvalue weighted by atomic mass is 16.2. The van der Waals surface area contributed by atoms with Gasteiger partial charge >= 0.3 is 0 Å². The Balaban J connectivity index is 2.07. The first kappa shape index (κ1) is 18.0. The average molecular weight is 331 g/mol. The lowest BCUT2D eigenvalue weighted by atomic mass is 9.99. The van der Waals surface area contributed by atoms with Crippen molar-refractivity contribution >= 4 is 16.7 Å². The van der Waals surface area contributed by atoms with Crippen LogP contribution in [-0.2, 0) is 11.3 Å². The van der Waals surface area contributed by atoms with Crippen molar-refractivity contribution in [3.8, 4) is 0 Å². The molecule has 0 fully saturated rings. The molecule has 6 nitrogen and oxygen atoms in total. The van der Waals surface area contributed by atoms with Gasteiger partial charge in [-0.2, -0.15) is 0 Å². The zero-order chi connectivity index (χ0) is 17.5. The number of rotatable bonds is 8. The molecule has 0 aliphatic heterocycles. The number of nitrogens with one attached hydrogen (secondary N) is 2. The van der Waals surface area contributed by atoms with Crippen LogP contribution in [0.4, 0.5) is 0 Å². The van der Waals surface area contributed by atoms with Crippen molar-refractivity contribution in [1.29, 1.82) is 0 Å². The Morgan fingerprint density at radius 3 is 2.58 bits per heavy atom. The molecule has 2 aromatic rings. The summed E-state index contributed by atoms with van der Waals surface area (Å²) >= 11 is 0. The molecule has 0 aliphatic carbocycles. The fraction of sp³-hybridized carbons (Fsp3) is 0.500. The summed E-state index contributed by atoms with van der Waals surface area (Å²) in [5.74, 6) is 0.180. The normalized spacial score (nSPS) is 12.2. The smallest absolute Gasteiger partial charge is 0.273 e. The summed E-state index contributed by atoms with van der Waals surface area (Å²) in [5.41, 5.74) is -0.731. The molecule has 1 amide bonds. The fourth-order valence-corrected chi connectivity index (χ4v) is 2.76. The predicted molar refractivity (Wildman–Crippen MR) is 95.1 cm³/mol. The molecule has 0 aliphatic rings. The topological polar surface area (TPSA) is 84.0 Å². The zero-order valence-electron chi connectivity index (χ0n) is 14.3. The van der Waals surface area contributed by atoms with E-state index >= 15 is 0 Å². The number of fused-ring (bicyclic) bond motifs is 1. The quantitative estimate of drug-likeness (QED) is 0.776. The second kappa shape index (κ2) is 8.47. The molecule has 1 heterocycles. The van der Waals surface area contributed by atoms with Gasteiger partial charge in [0.15, 0.2) is 0 Å². The Bertz CT molecular complexity index is 807. The lowest BCUT2D eigenvalue weighted by molar-refractivity contribution is -0.122. The van der Waals surface area contributed by atoms with Crippen LogP contribution in [0.1, 0.15) is 39.5 Å². The largest absolute Gasteiger partial charge is 0.354 e. The summed E-state index contributed by atoms with van der Waals surface area (Å²) in [4.78, 5) is 36.5. The third-order valence-corrected chi connectivity index (χ3v) is 4.32. The Morgan fingerprint density at radius 2 is 1.92 bits per heavy atom. The van der Waals surface area contributed by atoms with E-state index in [0.717, 1.165) is 30.4 Å². The Kier molecular flexibility index (Phi) is 6.35. The summed E-state index contributed by atoms with van der Waals surface area (Å²) in [5, 5.41) is 6.00. The second-order valence-electron chi connectivity index (χ2n) is 6.10. The first-order valence-electron chi connectivity index (χ1n) is 8.55. The lowest BCUT2D eigenvalue weighted by Gasteiger charge is -2.15. The molecule has 0 saturated carbocycles. The van der Waals surface area contributed by atoms with Crippen LogP contribution in [0.3, 0.4) is 0 Å². The zero-order valence-corrected chi connectivity index (χ0v) is 14.3. The van der Waals surface area contributed by atoms with E-state index in [0.29, 0.717) is 23.2 Å². The van der Waals surface area contributed by atoms with Crippen LogP contribution in [-0.4, -0.2) is 22.2 Å². The van der Waals surface area contributed by atoms with E-state index in [1.807, 2.05) is 0 Å². The van der Waals surface area contributed by atoms with Gasteiger partial charge in [0.05, 0.1) is 10.8 Å². The van der Waals surface area contributed by atoms with Crippen molar-refractivity contribution in [2.24, 2.45) is 5.92 Å². The maximum absolute atomic E-state index is 12.4. The number of unbranched alkanes of at least 4 members (excludes halogenated alkanes) is 1. The maximum atomic E-state index is 12.4. The Morgan fingerprint density at radius 1 is 1.21 bits per heavy atom. The van der Waals surface area contributed by atoms with Gasteiger partial charge in [-0.3, -0.25) is 19.5 Å². The molecule has 0 spiro atoms. The van der Waals surface area contributed by atoms with Crippen molar-refractivity contribution in [2.75, 3.05) is 6.54 Å². The number of carbonyl (C=O) groups excluding carboxylic acids is 1. The van der Waals surface area contributed by atoms with Crippen molar-refractivity contribution in [2.45, 2.75) is 46.1 Å². The van der Waals surface area contributed by atoms with Crippen LogP contribution in [0.15, 0.2) is 33.9 Å². The molecule has 2 N–H and O–H groups in total. The minimum absolute atomic E-state index is 0.177. The fourth-order valence-electron chi connectivity index (χ4n) is 2.76.